The summed E-state index contributed by atoms with van der Waals surface area (Å²) in [6.07, 6.45) is 0.994. The van der Waals surface area contributed by atoms with Crippen LogP contribution >= 0.6 is 0 Å². The molecule has 0 fully saturated rings. The molecule has 0 aliphatic rings. The Hall–Kier alpha value is -4.73. The molecule has 3 N–H and O–H groups in total. The summed E-state index contributed by atoms with van der Waals surface area (Å²) < 4.78 is 24.9. The molecule has 38 heavy (non-hydrogen) atoms. The van der Waals surface area contributed by atoms with Gasteiger partial charge in [-0.05, 0) is 68.3 Å². The first-order chi connectivity index (χ1) is 18.2. The number of hydrogen-bond donors (Lipinski definition) is 3. The highest BCUT2D eigenvalue weighted by Gasteiger charge is 2.12. The van der Waals surface area contributed by atoms with Gasteiger partial charge in [0.15, 0.2) is 18.1 Å². The van der Waals surface area contributed by atoms with Gasteiger partial charge in [0.2, 0.25) is 11.8 Å². The Kier molecular flexibility index (Phi) is 9.93. The van der Waals surface area contributed by atoms with E-state index in [0.29, 0.717) is 29.4 Å². The smallest absolute Gasteiger partial charge is 0.262 e. The maximum atomic E-state index is 13.7. The first kappa shape index (κ1) is 27.9. The molecule has 0 saturated carbocycles. The molecule has 0 radical (unpaired) electrons. The number of hydrogen-bond acceptors (Lipinski definition) is 6. The van der Waals surface area contributed by atoms with Crippen LogP contribution in [0.25, 0.3) is 0 Å². The molecule has 3 aromatic rings. The number of anilines is 2. The molecule has 0 aromatic heterocycles. The van der Waals surface area contributed by atoms with E-state index in [2.05, 4.69) is 21.2 Å². The minimum absolute atomic E-state index is 0.0579. The number of amides is 3. The zero-order valence-electron chi connectivity index (χ0n) is 21.3. The molecule has 0 heterocycles. The van der Waals surface area contributed by atoms with Gasteiger partial charge in [0.1, 0.15) is 12.2 Å². The average Bonchev–Trinajstić information content (AvgIpc) is 2.87. The average molecular weight is 521 g/mol. The van der Waals surface area contributed by atoms with Gasteiger partial charge in [0.25, 0.3) is 5.91 Å². The van der Waals surface area contributed by atoms with Gasteiger partial charge in [0, 0.05) is 5.69 Å². The molecular formula is C28H29FN4O5. The second-order valence-electron chi connectivity index (χ2n) is 8.29. The molecule has 0 aliphatic heterocycles. The molecule has 3 amide bonds. The van der Waals surface area contributed by atoms with Crippen LogP contribution in [0.15, 0.2) is 65.8 Å². The Labute approximate surface area is 220 Å². The zero-order chi connectivity index (χ0) is 27.5. The number of carbonyl (C=O) groups is 3. The lowest BCUT2D eigenvalue weighted by atomic mass is 10.1. The highest BCUT2D eigenvalue weighted by atomic mass is 19.1. The van der Waals surface area contributed by atoms with E-state index in [1.54, 1.807) is 37.3 Å². The standard InChI is InChI=1S/C28H29FN4O5/c1-4-37-25-14-20(10-12-24(25)38-17-28(36)32-23-8-6-5-7-21(23)29)16-30-33-27(35)15-26(34)31-22-11-9-18(2)13-19(22)3/h5-14,16H,4,15,17H2,1-3H3,(H,31,34)(H,32,36)(H,33,35). The van der Waals surface area contributed by atoms with Gasteiger partial charge in [0.05, 0.1) is 18.5 Å². The summed E-state index contributed by atoms with van der Waals surface area (Å²) in [5, 5.41) is 9.05. The monoisotopic (exact) mass is 520 g/mol. The molecule has 10 heteroatoms. The third kappa shape index (κ3) is 8.44. The topological polar surface area (TPSA) is 118 Å². The van der Waals surface area contributed by atoms with Crippen LogP contribution in [0.3, 0.4) is 0 Å². The summed E-state index contributed by atoms with van der Waals surface area (Å²) in [7, 11) is 0. The van der Waals surface area contributed by atoms with Crippen LogP contribution in [0.1, 0.15) is 30.0 Å². The normalized spacial score (nSPS) is 10.6. The van der Waals surface area contributed by atoms with Crippen molar-refractivity contribution in [3.63, 3.8) is 0 Å². The number of rotatable bonds is 11. The minimum atomic E-state index is -0.575. The number of halogens is 1. The maximum absolute atomic E-state index is 13.7. The molecule has 9 nitrogen and oxygen atoms in total. The Morgan fingerprint density at radius 2 is 1.63 bits per heavy atom. The fourth-order valence-electron chi connectivity index (χ4n) is 3.40. The van der Waals surface area contributed by atoms with Crippen LogP contribution in [0.2, 0.25) is 0 Å². The van der Waals surface area contributed by atoms with Crippen LogP contribution < -0.4 is 25.5 Å². The van der Waals surface area contributed by atoms with Crippen molar-refractivity contribution < 1.29 is 28.2 Å². The molecule has 0 atom stereocenters. The van der Waals surface area contributed by atoms with Crippen molar-refractivity contribution in [1.82, 2.24) is 5.43 Å². The second-order valence-corrected chi connectivity index (χ2v) is 8.29. The first-order valence-electron chi connectivity index (χ1n) is 11.9. The van der Waals surface area contributed by atoms with Crippen LogP contribution in [-0.4, -0.2) is 37.1 Å². The number of aryl methyl sites for hydroxylation is 2. The molecule has 198 valence electrons. The molecule has 0 saturated heterocycles. The van der Waals surface area contributed by atoms with E-state index < -0.39 is 30.0 Å². The summed E-state index contributed by atoms with van der Waals surface area (Å²) in [6, 6.07) is 16.3. The predicted octanol–water partition coefficient (Wildman–Crippen LogP) is 4.34. The molecule has 3 aromatic carbocycles. The van der Waals surface area contributed by atoms with Crippen molar-refractivity contribution >= 4 is 35.3 Å². The second kappa shape index (κ2) is 13.5. The van der Waals surface area contributed by atoms with Gasteiger partial charge < -0.3 is 20.1 Å². The van der Waals surface area contributed by atoms with Crippen molar-refractivity contribution in [3.05, 3.63) is 83.2 Å². The first-order valence-corrected chi connectivity index (χ1v) is 11.9. The fraction of sp³-hybridized carbons (Fsp3) is 0.214. The third-order valence-electron chi connectivity index (χ3n) is 5.15. The van der Waals surface area contributed by atoms with E-state index in [1.807, 2.05) is 26.0 Å². The van der Waals surface area contributed by atoms with E-state index in [-0.39, 0.29) is 12.3 Å². The number of ether oxygens (including phenoxy) is 2. The van der Waals surface area contributed by atoms with Crippen molar-refractivity contribution in [2.75, 3.05) is 23.8 Å². The highest BCUT2D eigenvalue weighted by Crippen LogP contribution is 2.28. The molecule has 0 aliphatic carbocycles. The molecular weight excluding hydrogens is 491 g/mol. The van der Waals surface area contributed by atoms with Gasteiger partial charge in [-0.1, -0.05) is 29.8 Å². The van der Waals surface area contributed by atoms with Crippen LogP contribution in [0.4, 0.5) is 15.8 Å². The van der Waals surface area contributed by atoms with Gasteiger partial charge in [-0.25, -0.2) is 9.82 Å². The summed E-state index contributed by atoms with van der Waals surface area (Å²) >= 11 is 0. The number of nitrogens with zero attached hydrogens (tertiary/aromatic N) is 1. The van der Waals surface area contributed by atoms with Crippen molar-refractivity contribution in [1.29, 1.82) is 0 Å². The van der Waals surface area contributed by atoms with Gasteiger partial charge in [-0.2, -0.15) is 5.10 Å². The van der Waals surface area contributed by atoms with Crippen molar-refractivity contribution in [2.45, 2.75) is 27.2 Å². The van der Waals surface area contributed by atoms with Crippen molar-refractivity contribution in [3.8, 4) is 11.5 Å². The number of para-hydroxylation sites is 1. The molecule has 0 unspecified atom stereocenters. The lowest BCUT2D eigenvalue weighted by Crippen LogP contribution is -2.24. The van der Waals surface area contributed by atoms with Gasteiger partial charge >= 0.3 is 0 Å². The number of hydrazone groups is 1. The molecule has 0 bridgehead atoms. The molecule has 3 rings (SSSR count). The van der Waals surface area contributed by atoms with Gasteiger partial charge in [-0.3, -0.25) is 14.4 Å². The minimum Gasteiger partial charge on any atom is -0.490 e. The van der Waals surface area contributed by atoms with E-state index in [4.69, 9.17) is 9.47 Å². The number of nitrogens with one attached hydrogen (secondary N) is 3. The van der Waals surface area contributed by atoms with E-state index in [1.165, 1.54) is 24.4 Å². The lowest BCUT2D eigenvalue weighted by Gasteiger charge is -2.13. The zero-order valence-corrected chi connectivity index (χ0v) is 21.3. The largest absolute Gasteiger partial charge is 0.490 e. The molecule has 0 spiro atoms. The van der Waals surface area contributed by atoms with E-state index in [0.717, 1.165) is 11.1 Å². The van der Waals surface area contributed by atoms with Crippen molar-refractivity contribution in [2.24, 2.45) is 5.10 Å². The predicted molar refractivity (Wildman–Crippen MR) is 143 cm³/mol. The highest BCUT2D eigenvalue weighted by molar-refractivity contribution is 6.04. The number of benzene rings is 3. The van der Waals surface area contributed by atoms with Crippen LogP contribution in [0, 0.1) is 19.7 Å². The summed E-state index contributed by atoms with van der Waals surface area (Å²) in [6.45, 7) is 5.60. The Balaban J connectivity index is 1.52. The quantitative estimate of drug-likeness (QED) is 0.198. The Morgan fingerprint density at radius 1 is 0.868 bits per heavy atom. The SMILES string of the molecule is CCOc1cc(C=NNC(=O)CC(=O)Nc2ccc(C)cc2C)ccc1OCC(=O)Nc1ccccc1F. The summed E-state index contributed by atoms with van der Waals surface area (Å²) in [5.41, 5.74) is 5.58. The van der Waals surface area contributed by atoms with Gasteiger partial charge in [-0.15, -0.1) is 0 Å². The Morgan fingerprint density at radius 3 is 2.37 bits per heavy atom. The van der Waals surface area contributed by atoms with E-state index >= 15 is 0 Å². The third-order valence-corrected chi connectivity index (χ3v) is 5.15. The number of carbonyl (C=O) groups excluding carboxylic acids is 3. The fourth-order valence-corrected chi connectivity index (χ4v) is 3.40. The maximum Gasteiger partial charge on any atom is 0.262 e. The Bertz CT molecular complexity index is 1340. The summed E-state index contributed by atoms with van der Waals surface area (Å²) in [4.78, 5) is 36.4. The lowest BCUT2D eigenvalue weighted by molar-refractivity contribution is -0.126. The van der Waals surface area contributed by atoms with E-state index in [9.17, 15) is 18.8 Å². The van der Waals surface area contributed by atoms with Crippen LogP contribution in [0.5, 0.6) is 11.5 Å². The summed E-state index contributed by atoms with van der Waals surface area (Å²) in [5.74, 6) is -1.45. The van der Waals surface area contributed by atoms with Crippen LogP contribution in [-0.2, 0) is 14.4 Å².